The molecule has 11 heteroatoms. The monoisotopic (exact) mass is 420 g/mol. The van der Waals surface area contributed by atoms with Crippen LogP contribution in [0.5, 0.6) is 0 Å². The molecular formula is C19H28N6O5. The van der Waals surface area contributed by atoms with Crippen LogP contribution in [0.2, 0.25) is 0 Å². The topological polar surface area (TPSA) is 188 Å². The Balaban J connectivity index is 3.18. The minimum atomic E-state index is -1.08. The van der Waals surface area contributed by atoms with Gasteiger partial charge in [-0.25, -0.2) is 0 Å². The predicted molar refractivity (Wildman–Crippen MR) is 111 cm³/mol. The maximum Gasteiger partial charge on any atom is 0.269 e. The van der Waals surface area contributed by atoms with Gasteiger partial charge in [0.1, 0.15) is 6.29 Å². The molecule has 0 unspecified atom stereocenters. The quantitative estimate of drug-likeness (QED) is 0.115. The lowest BCUT2D eigenvalue weighted by Crippen LogP contribution is -2.52. The number of imide groups is 1. The van der Waals surface area contributed by atoms with Crippen molar-refractivity contribution in [3.05, 3.63) is 39.9 Å². The van der Waals surface area contributed by atoms with Gasteiger partial charge in [-0.3, -0.25) is 29.6 Å². The van der Waals surface area contributed by atoms with E-state index in [1.54, 1.807) is 0 Å². The number of nitro groups is 1. The van der Waals surface area contributed by atoms with Gasteiger partial charge >= 0.3 is 0 Å². The number of guanidine groups is 1. The van der Waals surface area contributed by atoms with Crippen LogP contribution in [-0.2, 0) is 9.59 Å². The molecular weight excluding hydrogens is 392 g/mol. The summed E-state index contributed by atoms with van der Waals surface area (Å²) in [5.74, 6) is -1.46. The van der Waals surface area contributed by atoms with Crippen molar-refractivity contribution in [1.82, 2.24) is 4.90 Å². The number of nitrogens with two attached hydrogens (primary N) is 3. The number of non-ortho nitro benzene ring substituents is 1. The van der Waals surface area contributed by atoms with Crippen molar-refractivity contribution in [2.75, 3.05) is 6.54 Å². The van der Waals surface area contributed by atoms with E-state index >= 15 is 0 Å². The average Bonchev–Trinajstić information content (AvgIpc) is 2.68. The van der Waals surface area contributed by atoms with Crippen LogP contribution in [0.15, 0.2) is 29.3 Å². The van der Waals surface area contributed by atoms with Crippen LogP contribution in [0, 0.1) is 16.0 Å². The molecule has 2 atom stereocenters. The highest BCUT2D eigenvalue weighted by Crippen LogP contribution is 2.18. The third kappa shape index (κ3) is 7.24. The number of aliphatic imine (C=N–C) groups is 1. The Kier molecular flexibility index (Phi) is 9.56. The second kappa shape index (κ2) is 11.6. The molecule has 0 fully saturated rings. The standard InChI is InChI=1S/C19H28N6O5/c1-12(2)10-16(20)18(28)24(15(11-26)4-3-9-23-19(21)22)17(27)13-5-7-14(8-6-13)25(29)30/h5-8,11-12,15-16H,3-4,9-10,20H2,1-2H3,(H4,21,22,23)/t15-,16-/m0/s1. The van der Waals surface area contributed by atoms with E-state index in [1.807, 2.05) is 13.8 Å². The third-order valence-corrected chi connectivity index (χ3v) is 4.26. The summed E-state index contributed by atoms with van der Waals surface area (Å²) < 4.78 is 0. The number of nitro benzene ring substituents is 1. The molecule has 0 aliphatic rings. The molecule has 0 aliphatic carbocycles. The molecule has 6 N–H and O–H groups in total. The van der Waals surface area contributed by atoms with Crippen molar-refractivity contribution in [3.63, 3.8) is 0 Å². The van der Waals surface area contributed by atoms with E-state index in [0.29, 0.717) is 19.1 Å². The number of nitrogens with zero attached hydrogens (tertiary/aromatic N) is 3. The second-order valence-electron chi connectivity index (χ2n) is 7.21. The van der Waals surface area contributed by atoms with Gasteiger partial charge in [-0.2, -0.15) is 0 Å². The smallest absolute Gasteiger partial charge is 0.269 e. The molecule has 1 rings (SSSR count). The first-order valence-corrected chi connectivity index (χ1v) is 9.46. The number of amides is 2. The van der Waals surface area contributed by atoms with E-state index in [4.69, 9.17) is 17.2 Å². The van der Waals surface area contributed by atoms with Crippen molar-refractivity contribution in [2.45, 2.75) is 45.2 Å². The Morgan fingerprint density at radius 2 is 1.83 bits per heavy atom. The van der Waals surface area contributed by atoms with Gasteiger partial charge in [0, 0.05) is 24.2 Å². The van der Waals surface area contributed by atoms with Gasteiger partial charge in [-0.15, -0.1) is 0 Å². The first-order chi connectivity index (χ1) is 14.1. The molecule has 0 bridgehead atoms. The van der Waals surface area contributed by atoms with Gasteiger partial charge in [-0.05, 0) is 37.3 Å². The summed E-state index contributed by atoms with van der Waals surface area (Å²) in [5, 5.41) is 10.8. The molecule has 30 heavy (non-hydrogen) atoms. The first-order valence-electron chi connectivity index (χ1n) is 9.46. The van der Waals surface area contributed by atoms with Gasteiger partial charge < -0.3 is 22.0 Å². The fourth-order valence-corrected chi connectivity index (χ4v) is 2.83. The van der Waals surface area contributed by atoms with Gasteiger partial charge in [0.15, 0.2) is 5.96 Å². The molecule has 0 aromatic heterocycles. The Morgan fingerprint density at radius 1 is 1.23 bits per heavy atom. The summed E-state index contributed by atoms with van der Waals surface area (Å²) in [7, 11) is 0. The van der Waals surface area contributed by atoms with Crippen LogP contribution in [-0.4, -0.2) is 52.5 Å². The summed E-state index contributed by atoms with van der Waals surface area (Å²) in [6.07, 6.45) is 1.30. The van der Waals surface area contributed by atoms with Crippen molar-refractivity contribution < 1.29 is 19.3 Å². The fraction of sp³-hybridized carbons (Fsp3) is 0.474. The number of hydrogen-bond acceptors (Lipinski definition) is 7. The lowest BCUT2D eigenvalue weighted by molar-refractivity contribution is -0.384. The molecule has 1 aromatic rings. The summed E-state index contributed by atoms with van der Waals surface area (Å²) >= 11 is 0. The van der Waals surface area contributed by atoms with Crippen molar-refractivity contribution in [2.24, 2.45) is 28.1 Å². The minimum Gasteiger partial charge on any atom is -0.370 e. The molecule has 1 aromatic carbocycles. The number of carbonyl (C=O) groups excluding carboxylic acids is 3. The van der Waals surface area contributed by atoms with E-state index in [-0.39, 0.29) is 36.1 Å². The molecule has 0 saturated carbocycles. The zero-order valence-corrected chi connectivity index (χ0v) is 17.1. The van der Waals surface area contributed by atoms with Crippen molar-refractivity contribution in [1.29, 1.82) is 0 Å². The van der Waals surface area contributed by atoms with E-state index < -0.39 is 28.8 Å². The molecule has 11 nitrogen and oxygen atoms in total. The molecule has 0 heterocycles. The number of hydrogen-bond donors (Lipinski definition) is 3. The largest absolute Gasteiger partial charge is 0.370 e. The van der Waals surface area contributed by atoms with Gasteiger partial charge in [-0.1, -0.05) is 13.8 Å². The fourth-order valence-electron chi connectivity index (χ4n) is 2.83. The number of aldehydes is 1. The average molecular weight is 420 g/mol. The Labute approximate surface area is 174 Å². The normalized spacial score (nSPS) is 12.7. The predicted octanol–water partition coefficient (Wildman–Crippen LogP) is 0.558. The van der Waals surface area contributed by atoms with Crippen LogP contribution in [0.4, 0.5) is 5.69 Å². The van der Waals surface area contributed by atoms with E-state index in [0.717, 1.165) is 17.0 Å². The highest BCUT2D eigenvalue weighted by atomic mass is 16.6. The summed E-state index contributed by atoms with van der Waals surface area (Å²) in [4.78, 5) is 52.6. The lowest BCUT2D eigenvalue weighted by atomic mass is 10.0. The van der Waals surface area contributed by atoms with E-state index in [2.05, 4.69) is 4.99 Å². The summed E-state index contributed by atoms with van der Waals surface area (Å²) in [5.41, 5.74) is 16.3. The van der Waals surface area contributed by atoms with E-state index in [1.165, 1.54) is 12.1 Å². The minimum absolute atomic E-state index is 0.0294. The van der Waals surface area contributed by atoms with Crippen LogP contribution >= 0.6 is 0 Å². The maximum atomic E-state index is 13.1. The van der Waals surface area contributed by atoms with Crippen LogP contribution in [0.1, 0.15) is 43.5 Å². The Morgan fingerprint density at radius 3 is 2.30 bits per heavy atom. The van der Waals surface area contributed by atoms with E-state index in [9.17, 15) is 24.5 Å². The summed E-state index contributed by atoms with van der Waals surface area (Å²) in [6.45, 7) is 3.97. The Hall–Kier alpha value is -3.34. The number of benzene rings is 1. The number of rotatable bonds is 11. The second-order valence-corrected chi connectivity index (χ2v) is 7.21. The number of carbonyl (C=O) groups is 3. The molecule has 0 saturated heterocycles. The maximum absolute atomic E-state index is 13.1. The van der Waals surface area contributed by atoms with Crippen molar-refractivity contribution in [3.8, 4) is 0 Å². The molecule has 0 spiro atoms. The van der Waals surface area contributed by atoms with Crippen LogP contribution in [0.3, 0.4) is 0 Å². The zero-order valence-electron chi connectivity index (χ0n) is 17.1. The summed E-state index contributed by atoms with van der Waals surface area (Å²) in [6, 6.07) is 2.71. The van der Waals surface area contributed by atoms with Gasteiger partial charge in [0.25, 0.3) is 11.6 Å². The molecule has 0 radical (unpaired) electrons. The third-order valence-electron chi connectivity index (χ3n) is 4.26. The van der Waals surface area contributed by atoms with Crippen molar-refractivity contribution >= 4 is 29.7 Å². The molecule has 164 valence electrons. The molecule has 0 aliphatic heterocycles. The SMILES string of the molecule is CC(C)C[C@H](N)C(=O)N(C(=O)c1ccc([N+](=O)[O-])cc1)[C@H](C=O)CCCN=C(N)N. The highest BCUT2D eigenvalue weighted by Gasteiger charge is 2.33. The molecule has 2 amide bonds. The first kappa shape index (κ1) is 24.7. The lowest BCUT2D eigenvalue weighted by Gasteiger charge is -2.29. The Bertz CT molecular complexity index is 789. The zero-order chi connectivity index (χ0) is 22.8. The van der Waals surface area contributed by atoms with Gasteiger partial charge in [0.05, 0.1) is 17.0 Å². The van der Waals surface area contributed by atoms with Gasteiger partial charge in [0.2, 0.25) is 5.91 Å². The van der Waals surface area contributed by atoms with Crippen LogP contribution < -0.4 is 17.2 Å². The highest BCUT2D eigenvalue weighted by molar-refractivity contribution is 6.07. The van der Waals surface area contributed by atoms with Crippen LogP contribution in [0.25, 0.3) is 0 Å².